The molecule has 3 aromatic rings. The van der Waals surface area contributed by atoms with Gasteiger partial charge in [-0.05, 0) is 36.9 Å². The van der Waals surface area contributed by atoms with E-state index in [9.17, 15) is 40.3 Å². The van der Waals surface area contributed by atoms with Crippen molar-refractivity contribution in [1.29, 1.82) is 0 Å². The number of aryl methyl sites for hydroxylation is 1. The van der Waals surface area contributed by atoms with Crippen LogP contribution >= 0.6 is 0 Å². The summed E-state index contributed by atoms with van der Waals surface area (Å²) in [6.45, 7) is 0.209. The highest BCUT2D eigenvalue weighted by Crippen LogP contribution is 2.42. The predicted octanol–water partition coefficient (Wildman–Crippen LogP) is 5.11. The van der Waals surface area contributed by atoms with Crippen LogP contribution in [0.4, 0.5) is 35.1 Å². The summed E-state index contributed by atoms with van der Waals surface area (Å²) in [6.07, 6.45) is -10.9. The van der Waals surface area contributed by atoms with E-state index in [1.807, 2.05) is 0 Å². The van der Waals surface area contributed by atoms with Gasteiger partial charge in [0.1, 0.15) is 17.0 Å². The minimum Gasteiger partial charge on any atom is -0.350 e. The molecule has 1 aromatic carbocycles. The van der Waals surface area contributed by atoms with Crippen LogP contribution in [0.2, 0.25) is 0 Å². The van der Waals surface area contributed by atoms with Crippen molar-refractivity contribution in [2.24, 2.45) is 5.92 Å². The number of alkyl halides is 7. The maximum absolute atomic E-state index is 15.6. The van der Waals surface area contributed by atoms with Crippen molar-refractivity contribution in [2.45, 2.75) is 69.5 Å². The number of aromatic nitrogens is 4. The molecule has 1 aliphatic rings. The fourth-order valence-electron chi connectivity index (χ4n) is 4.82. The van der Waals surface area contributed by atoms with Gasteiger partial charge >= 0.3 is 6.18 Å². The Morgan fingerprint density at radius 2 is 1.85 bits per heavy atom. The normalized spacial score (nSPS) is 17.5. The molecule has 17 heteroatoms. The fraction of sp³-hybridized carbons (Fsp3) is 0.542. The number of halogens is 8. The number of benzene rings is 1. The maximum Gasteiger partial charge on any atom is 0.390 e. The molecule has 4 rings (SSSR count). The van der Waals surface area contributed by atoms with Crippen LogP contribution < -0.4 is 10.6 Å². The van der Waals surface area contributed by atoms with Gasteiger partial charge in [0.25, 0.3) is 12.3 Å². The molecule has 0 aliphatic heterocycles. The first kappa shape index (κ1) is 30.2. The standard InChI is InChI=1S/C24H24F8N6O3/c1-10-17(38-41-37-10)22(40)36-18(11-4-6-23(28,29)7-5-11)20-34-14-3-2-12(16(27)19(14)35-20)13(8-24(30,31)32)21(39)33-9-15(25)26/h2-3,11,13,15,18H,4-9H2,1H3,(H,33,39)(H,34,35)(H,36,40). The Morgan fingerprint density at radius 1 is 1.17 bits per heavy atom. The Labute approximate surface area is 226 Å². The summed E-state index contributed by atoms with van der Waals surface area (Å²) >= 11 is 0. The molecule has 0 saturated heterocycles. The van der Waals surface area contributed by atoms with Crippen molar-refractivity contribution < 1.29 is 49.3 Å². The van der Waals surface area contributed by atoms with Gasteiger partial charge in [0, 0.05) is 18.4 Å². The minimum atomic E-state index is -4.95. The average molecular weight is 596 g/mol. The first-order chi connectivity index (χ1) is 19.1. The second kappa shape index (κ2) is 11.6. The van der Waals surface area contributed by atoms with Crippen molar-refractivity contribution in [1.82, 2.24) is 30.9 Å². The molecule has 9 nitrogen and oxygen atoms in total. The summed E-state index contributed by atoms with van der Waals surface area (Å²) in [5.41, 5.74) is -1.31. The van der Waals surface area contributed by atoms with Crippen molar-refractivity contribution in [3.63, 3.8) is 0 Å². The van der Waals surface area contributed by atoms with E-state index in [0.29, 0.717) is 0 Å². The van der Waals surface area contributed by atoms with Gasteiger partial charge in [-0.2, -0.15) is 13.2 Å². The molecule has 1 aliphatic carbocycles. The van der Waals surface area contributed by atoms with Gasteiger partial charge in [-0.15, -0.1) is 0 Å². The lowest BCUT2D eigenvalue weighted by atomic mass is 9.81. The number of carbonyl (C=O) groups excluding carboxylic acids is 2. The van der Waals surface area contributed by atoms with Gasteiger partial charge in [-0.25, -0.2) is 31.6 Å². The second-order valence-corrected chi connectivity index (χ2v) is 9.84. The summed E-state index contributed by atoms with van der Waals surface area (Å²) in [6, 6.07) is 0.968. The summed E-state index contributed by atoms with van der Waals surface area (Å²) in [5, 5.41) is 11.3. The Hall–Kier alpha value is -3.79. The molecule has 224 valence electrons. The number of aromatic amines is 1. The molecule has 41 heavy (non-hydrogen) atoms. The van der Waals surface area contributed by atoms with Crippen LogP contribution in [0, 0.1) is 18.7 Å². The van der Waals surface area contributed by atoms with Crippen LogP contribution in [0.1, 0.15) is 71.6 Å². The molecular formula is C24H24F8N6O3. The number of imidazole rings is 1. The molecule has 2 unspecified atom stereocenters. The summed E-state index contributed by atoms with van der Waals surface area (Å²) < 4.78 is 113. The highest BCUT2D eigenvalue weighted by molar-refractivity contribution is 5.93. The quantitative estimate of drug-likeness (QED) is 0.295. The zero-order valence-electron chi connectivity index (χ0n) is 21.3. The monoisotopic (exact) mass is 596 g/mol. The van der Waals surface area contributed by atoms with Crippen LogP contribution in [0.3, 0.4) is 0 Å². The lowest BCUT2D eigenvalue weighted by molar-refractivity contribution is -0.148. The zero-order chi connectivity index (χ0) is 30.1. The molecule has 0 radical (unpaired) electrons. The molecule has 3 N–H and O–H groups in total. The van der Waals surface area contributed by atoms with E-state index >= 15 is 4.39 Å². The van der Waals surface area contributed by atoms with Crippen LogP contribution in [0.5, 0.6) is 0 Å². The average Bonchev–Trinajstić information content (AvgIpc) is 3.51. The number of fused-ring (bicyclic) bond motifs is 1. The molecule has 2 amide bonds. The summed E-state index contributed by atoms with van der Waals surface area (Å²) in [5.74, 6) is -9.34. The zero-order valence-corrected chi connectivity index (χ0v) is 21.3. The number of hydrogen-bond donors (Lipinski definition) is 3. The van der Waals surface area contributed by atoms with Crippen LogP contribution in [0.15, 0.2) is 16.8 Å². The summed E-state index contributed by atoms with van der Waals surface area (Å²) in [7, 11) is 0. The molecule has 0 bridgehead atoms. The van der Waals surface area contributed by atoms with Crippen LogP contribution in [-0.2, 0) is 4.79 Å². The van der Waals surface area contributed by atoms with Crippen LogP contribution in [-0.4, -0.2) is 57.2 Å². The van der Waals surface area contributed by atoms with Gasteiger partial charge in [0.2, 0.25) is 11.8 Å². The minimum absolute atomic E-state index is 0.0281. The highest BCUT2D eigenvalue weighted by atomic mass is 19.4. The first-order valence-corrected chi connectivity index (χ1v) is 12.4. The van der Waals surface area contributed by atoms with Crippen molar-refractivity contribution in [2.75, 3.05) is 6.54 Å². The van der Waals surface area contributed by atoms with Gasteiger partial charge in [0.15, 0.2) is 11.5 Å². The molecule has 2 aromatic heterocycles. The van der Waals surface area contributed by atoms with Gasteiger partial charge in [0.05, 0.1) is 30.4 Å². The largest absolute Gasteiger partial charge is 0.390 e. The van der Waals surface area contributed by atoms with Gasteiger partial charge in [-0.1, -0.05) is 11.2 Å². The first-order valence-electron chi connectivity index (χ1n) is 12.4. The topological polar surface area (TPSA) is 126 Å². The fourth-order valence-corrected chi connectivity index (χ4v) is 4.82. The Balaban J connectivity index is 1.71. The molecule has 1 fully saturated rings. The summed E-state index contributed by atoms with van der Waals surface area (Å²) in [4.78, 5) is 32.2. The van der Waals surface area contributed by atoms with Crippen molar-refractivity contribution in [3.8, 4) is 0 Å². The maximum atomic E-state index is 15.6. The number of nitrogens with zero attached hydrogens (tertiary/aromatic N) is 3. The van der Waals surface area contributed by atoms with Crippen molar-refractivity contribution >= 4 is 22.8 Å². The number of rotatable bonds is 9. The Kier molecular flexibility index (Phi) is 8.54. The molecule has 1 saturated carbocycles. The van der Waals surface area contributed by atoms with E-state index in [4.69, 9.17) is 0 Å². The van der Waals surface area contributed by atoms with Crippen molar-refractivity contribution in [3.05, 3.63) is 40.7 Å². The Morgan fingerprint density at radius 3 is 2.44 bits per heavy atom. The van der Waals surface area contributed by atoms with E-state index in [1.165, 1.54) is 6.92 Å². The number of carbonyl (C=O) groups is 2. The molecule has 0 spiro atoms. The third kappa shape index (κ3) is 7.11. The second-order valence-electron chi connectivity index (χ2n) is 9.84. The third-order valence-corrected chi connectivity index (χ3v) is 6.88. The van der Waals surface area contributed by atoms with Crippen LogP contribution in [0.25, 0.3) is 11.0 Å². The van der Waals surface area contributed by atoms with E-state index in [-0.39, 0.29) is 35.6 Å². The lowest BCUT2D eigenvalue weighted by Crippen LogP contribution is -2.38. The lowest BCUT2D eigenvalue weighted by Gasteiger charge is -2.33. The number of nitrogens with one attached hydrogen (secondary N) is 3. The number of H-pyrrole nitrogens is 1. The van der Waals surface area contributed by atoms with Gasteiger partial charge in [-0.3, -0.25) is 9.59 Å². The molecule has 2 heterocycles. The Bertz CT molecular complexity index is 1400. The SMILES string of the molecule is Cc1nonc1C(=O)NC(c1nc2c(F)c(C(CC(F)(F)F)C(=O)NCC(F)F)ccc2[nH]1)C1CCC(F)(F)CC1. The van der Waals surface area contributed by atoms with E-state index in [1.54, 1.807) is 5.32 Å². The van der Waals surface area contributed by atoms with E-state index in [2.05, 4.69) is 30.2 Å². The number of amides is 2. The number of hydrogen-bond acceptors (Lipinski definition) is 6. The molecular weight excluding hydrogens is 572 g/mol. The van der Waals surface area contributed by atoms with E-state index < -0.39 is 90.9 Å². The predicted molar refractivity (Wildman–Crippen MR) is 125 cm³/mol. The van der Waals surface area contributed by atoms with Gasteiger partial charge < -0.3 is 15.6 Å². The smallest absolute Gasteiger partial charge is 0.350 e. The highest BCUT2D eigenvalue weighted by Gasteiger charge is 2.41. The molecule has 2 atom stereocenters. The third-order valence-electron chi connectivity index (χ3n) is 6.88. The van der Waals surface area contributed by atoms with E-state index in [0.717, 1.165) is 12.1 Å².